The van der Waals surface area contributed by atoms with Gasteiger partial charge in [0.25, 0.3) is 5.91 Å². The molecule has 112 valence electrons. The first kappa shape index (κ1) is 15.2. The first-order valence-electron chi connectivity index (χ1n) is 5.43. The molecule has 2 heterocycles. The summed E-state index contributed by atoms with van der Waals surface area (Å²) in [7, 11) is 1.16. The minimum absolute atomic E-state index is 0.391. The topological polar surface area (TPSA) is 59.8 Å². The van der Waals surface area contributed by atoms with Gasteiger partial charge in [0.2, 0.25) is 5.95 Å². The second-order valence-corrected chi connectivity index (χ2v) is 4.31. The second-order valence-electron chi connectivity index (χ2n) is 3.93. The molecule has 0 aliphatic carbocycles. The number of rotatable bonds is 2. The zero-order valence-electron chi connectivity index (χ0n) is 10.4. The predicted octanol–water partition coefficient (Wildman–Crippen LogP) is 2.88. The van der Waals surface area contributed by atoms with E-state index in [4.69, 9.17) is 11.6 Å². The number of nitrogens with one attached hydrogen (secondary N) is 1. The van der Waals surface area contributed by atoms with Crippen LogP contribution in [0.2, 0.25) is 5.02 Å². The molecule has 5 nitrogen and oxygen atoms in total. The first-order valence-corrected chi connectivity index (χ1v) is 5.81. The summed E-state index contributed by atoms with van der Waals surface area (Å²) in [6.45, 7) is 0. The van der Waals surface area contributed by atoms with Crippen LogP contribution in [0.1, 0.15) is 16.1 Å². The third-order valence-electron chi connectivity index (χ3n) is 2.49. The highest BCUT2D eigenvalue weighted by atomic mass is 35.5. The average molecular weight is 323 g/mol. The molecule has 2 aromatic heterocycles. The van der Waals surface area contributed by atoms with Crippen LogP contribution in [-0.2, 0) is 13.2 Å². The fourth-order valence-corrected chi connectivity index (χ4v) is 1.86. The highest BCUT2D eigenvalue weighted by Gasteiger charge is 2.39. The summed E-state index contributed by atoms with van der Waals surface area (Å²) in [6, 6.07) is 2.44. The van der Waals surface area contributed by atoms with Crippen molar-refractivity contribution in [2.75, 3.05) is 5.32 Å². The molecule has 0 unspecified atom stereocenters. The number of alkyl halides is 3. The Balaban J connectivity index is 2.35. The van der Waals surface area contributed by atoms with E-state index in [0.29, 0.717) is 0 Å². The lowest BCUT2D eigenvalue weighted by molar-refractivity contribution is -0.141. The maximum Gasteiger partial charge on any atom is 0.436 e. The van der Waals surface area contributed by atoms with Gasteiger partial charge in [0.1, 0.15) is 5.02 Å². The molecular weight excluding hydrogens is 316 g/mol. The molecular formula is C11H7ClF4N4O. The standard InChI is InChI=1S/C11H7ClF4N4O/c1-20-9(6(12)7(19-20)11(14,15)16)18-10(21)5-3-2-4-17-8(5)13/h2-4H,1H3,(H,18,21). The molecule has 21 heavy (non-hydrogen) atoms. The Bertz CT molecular complexity index is 698. The number of aromatic nitrogens is 3. The number of hydrogen-bond donors (Lipinski definition) is 1. The van der Waals surface area contributed by atoms with Crippen molar-refractivity contribution < 1.29 is 22.4 Å². The van der Waals surface area contributed by atoms with Crippen LogP contribution >= 0.6 is 11.6 Å². The van der Waals surface area contributed by atoms with Gasteiger partial charge in [-0.1, -0.05) is 11.6 Å². The summed E-state index contributed by atoms with van der Waals surface area (Å²) >= 11 is 5.56. The molecule has 0 aliphatic heterocycles. The maximum atomic E-state index is 13.3. The number of hydrogen-bond acceptors (Lipinski definition) is 3. The van der Waals surface area contributed by atoms with Crippen molar-refractivity contribution in [1.29, 1.82) is 0 Å². The van der Waals surface area contributed by atoms with Crippen LogP contribution in [0.15, 0.2) is 18.3 Å². The van der Waals surface area contributed by atoms with Gasteiger partial charge < -0.3 is 5.32 Å². The summed E-state index contributed by atoms with van der Waals surface area (Å²) in [6.07, 6.45) is -3.64. The molecule has 2 rings (SSSR count). The molecule has 0 atom stereocenters. The Kier molecular flexibility index (Phi) is 3.86. The number of aryl methyl sites for hydroxylation is 1. The van der Waals surface area contributed by atoms with Crippen molar-refractivity contribution in [2.24, 2.45) is 7.05 Å². The van der Waals surface area contributed by atoms with Crippen LogP contribution in [0.25, 0.3) is 0 Å². The fraction of sp³-hybridized carbons (Fsp3) is 0.182. The Labute approximate surface area is 120 Å². The average Bonchev–Trinajstić information content (AvgIpc) is 2.67. The quantitative estimate of drug-likeness (QED) is 0.683. The lowest BCUT2D eigenvalue weighted by Crippen LogP contribution is -2.16. The lowest BCUT2D eigenvalue weighted by atomic mass is 10.2. The highest BCUT2D eigenvalue weighted by Crippen LogP contribution is 2.37. The summed E-state index contributed by atoms with van der Waals surface area (Å²) in [5, 5.41) is 4.49. The molecule has 10 heteroatoms. The normalized spacial score (nSPS) is 11.5. The molecule has 0 aliphatic rings. The van der Waals surface area contributed by atoms with E-state index in [1.807, 2.05) is 0 Å². The van der Waals surface area contributed by atoms with Gasteiger partial charge in [-0.25, -0.2) is 4.98 Å². The summed E-state index contributed by atoms with van der Waals surface area (Å²) in [5.74, 6) is -2.43. The number of amides is 1. The third-order valence-corrected chi connectivity index (χ3v) is 2.85. The molecule has 1 N–H and O–H groups in total. The van der Waals surface area contributed by atoms with E-state index >= 15 is 0 Å². The minimum atomic E-state index is -4.77. The zero-order valence-corrected chi connectivity index (χ0v) is 11.1. The first-order chi connectivity index (χ1) is 9.71. The number of halogens is 5. The van der Waals surface area contributed by atoms with E-state index < -0.39 is 40.1 Å². The van der Waals surface area contributed by atoms with Gasteiger partial charge >= 0.3 is 6.18 Å². The monoisotopic (exact) mass is 322 g/mol. The van der Waals surface area contributed by atoms with E-state index in [1.54, 1.807) is 0 Å². The van der Waals surface area contributed by atoms with Crippen LogP contribution in [0.4, 0.5) is 23.4 Å². The van der Waals surface area contributed by atoms with Crippen molar-refractivity contribution >= 4 is 23.3 Å². The molecule has 2 aromatic rings. The van der Waals surface area contributed by atoms with Crippen molar-refractivity contribution in [3.05, 3.63) is 40.6 Å². The molecule has 1 amide bonds. The van der Waals surface area contributed by atoms with Crippen molar-refractivity contribution in [3.63, 3.8) is 0 Å². The fourth-order valence-electron chi connectivity index (χ4n) is 1.55. The Morgan fingerprint density at radius 2 is 2.10 bits per heavy atom. The van der Waals surface area contributed by atoms with Crippen molar-refractivity contribution in [2.45, 2.75) is 6.18 Å². The smallest absolute Gasteiger partial charge is 0.305 e. The maximum absolute atomic E-state index is 13.3. The van der Waals surface area contributed by atoms with Gasteiger partial charge in [0.15, 0.2) is 11.5 Å². The van der Waals surface area contributed by atoms with Crippen LogP contribution in [-0.4, -0.2) is 20.7 Å². The van der Waals surface area contributed by atoms with E-state index in [-0.39, 0.29) is 0 Å². The summed E-state index contributed by atoms with van der Waals surface area (Å²) in [5.41, 5.74) is -1.77. The number of nitrogens with zero attached hydrogens (tertiary/aromatic N) is 3. The van der Waals surface area contributed by atoms with E-state index in [2.05, 4.69) is 15.4 Å². The number of anilines is 1. The van der Waals surface area contributed by atoms with Gasteiger partial charge in [0, 0.05) is 13.2 Å². The largest absolute Gasteiger partial charge is 0.436 e. The number of pyridine rings is 1. The summed E-state index contributed by atoms with van der Waals surface area (Å²) in [4.78, 5) is 15.1. The van der Waals surface area contributed by atoms with Gasteiger partial charge in [0.05, 0.1) is 5.56 Å². The zero-order chi connectivity index (χ0) is 15.8. The van der Waals surface area contributed by atoms with Crippen LogP contribution in [0.3, 0.4) is 0 Å². The number of carbonyl (C=O) groups excluding carboxylic acids is 1. The van der Waals surface area contributed by atoms with Gasteiger partial charge in [-0.05, 0) is 12.1 Å². The SMILES string of the molecule is Cn1nc(C(F)(F)F)c(Cl)c1NC(=O)c1cccnc1F. The van der Waals surface area contributed by atoms with Crippen molar-refractivity contribution in [3.8, 4) is 0 Å². The van der Waals surface area contributed by atoms with Crippen LogP contribution < -0.4 is 5.32 Å². The third kappa shape index (κ3) is 2.97. The highest BCUT2D eigenvalue weighted by molar-refractivity contribution is 6.34. The molecule has 0 saturated carbocycles. The molecule has 0 saturated heterocycles. The van der Waals surface area contributed by atoms with Gasteiger partial charge in [-0.15, -0.1) is 0 Å². The molecule has 0 radical (unpaired) electrons. The Morgan fingerprint density at radius 3 is 2.62 bits per heavy atom. The molecule has 0 bridgehead atoms. The molecule has 0 spiro atoms. The summed E-state index contributed by atoms with van der Waals surface area (Å²) < 4.78 is 51.9. The lowest BCUT2D eigenvalue weighted by Gasteiger charge is -2.06. The van der Waals surface area contributed by atoms with Gasteiger partial charge in [-0.2, -0.15) is 22.7 Å². The minimum Gasteiger partial charge on any atom is -0.305 e. The Hall–Kier alpha value is -2.16. The Morgan fingerprint density at radius 1 is 1.43 bits per heavy atom. The van der Waals surface area contributed by atoms with E-state index in [0.717, 1.165) is 24.0 Å². The van der Waals surface area contributed by atoms with Crippen molar-refractivity contribution in [1.82, 2.24) is 14.8 Å². The molecule has 0 aromatic carbocycles. The van der Waals surface area contributed by atoms with Crippen LogP contribution in [0.5, 0.6) is 0 Å². The second kappa shape index (κ2) is 5.32. The molecule has 0 fully saturated rings. The van der Waals surface area contributed by atoms with E-state index in [1.165, 1.54) is 6.07 Å². The van der Waals surface area contributed by atoms with E-state index in [9.17, 15) is 22.4 Å². The number of carbonyl (C=O) groups is 1. The predicted molar refractivity (Wildman–Crippen MR) is 65.4 cm³/mol. The van der Waals surface area contributed by atoms with Crippen LogP contribution in [0, 0.1) is 5.95 Å². The van der Waals surface area contributed by atoms with Gasteiger partial charge in [-0.3, -0.25) is 9.48 Å².